The number of nitrogens with zero attached hydrogens (tertiary/aromatic N) is 2. The highest BCUT2D eigenvalue weighted by atomic mass is 16.5. The summed E-state index contributed by atoms with van der Waals surface area (Å²) in [5, 5.41) is 8.85. The van der Waals surface area contributed by atoms with Crippen molar-refractivity contribution < 1.29 is 14.6 Å². The first-order chi connectivity index (χ1) is 14.7. The van der Waals surface area contributed by atoms with E-state index in [1.807, 2.05) is 18.2 Å². The predicted octanol–water partition coefficient (Wildman–Crippen LogP) is 3.45. The van der Waals surface area contributed by atoms with Gasteiger partial charge in [-0.2, -0.15) is 0 Å². The lowest BCUT2D eigenvalue weighted by Gasteiger charge is -2.35. The standard InChI is InChI=1S/C25H36N2O3/c1-26(18-21-9-11-24(12-10-21)30-17-16-28)19-22-6-5-14-27(20-22)15-13-23-7-3-4-8-25(23)29-2/h3-4,7-12,22,28H,5-6,13-20H2,1-2H3/t22-/m0/s1. The molecular formula is C25H36N2O3. The smallest absolute Gasteiger partial charge is 0.122 e. The normalized spacial score (nSPS) is 17.3. The van der Waals surface area contributed by atoms with Gasteiger partial charge in [0.2, 0.25) is 0 Å². The topological polar surface area (TPSA) is 45.2 Å². The minimum atomic E-state index is 0.0434. The molecule has 0 aromatic heterocycles. The summed E-state index contributed by atoms with van der Waals surface area (Å²) in [5.41, 5.74) is 2.59. The van der Waals surface area contributed by atoms with E-state index in [0.717, 1.165) is 37.6 Å². The average Bonchev–Trinajstić information content (AvgIpc) is 2.77. The van der Waals surface area contributed by atoms with Crippen molar-refractivity contribution in [3.8, 4) is 11.5 Å². The second-order valence-electron chi connectivity index (χ2n) is 8.28. The van der Waals surface area contributed by atoms with Crippen molar-refractivity contribution in [3.05, 3.63) is 59.7 Å². The van der Waals surface area contributed by atoms with E-state index < -0.39 is 0 Å². The summed E-state index contributed by atoms with van der Waals surface area (Å²) in [6.07, 6.45) is 3.63. The highest BCUT2D eigenvalue weighted by molar-refractivity contribution is 5.33. The molecule has 164 valence electrons. The van der Waals surface area contributed by atoms with Crippen molar-refractivity contribution in [2.24, 2.45) is 5.92 Å². The number of aliphatic hydroxyl groups is 1. The minimum absolute atomic E-state index is 0.0434. The van der Waals surface area contributed by atoms with Crippen molar-refractivity contribution in [2.75, 3.05) is 53.6 Å². The molecule has 3 rings (SSSR count). The van der Waals surface area contributed by atoms with Crippen LogP contribution in [0.15, 0.2) is 48.5 Å². The van der Waals surface area contributed by atoms with Crippen molar-refractivity contribution >= 4 is 0 Å². The molecule has 0 aliphatic carbocycles. The van der Waals surface area contributed by atoms with Gasteiger partial charge >= 0.3 is 0 Å². The van der Waals surface area contributed by atoms with E-state index in [9.17, 15) is 0 Å². The maximum Gasteiger partial charge on any atom is 0.122 e. The van der Waals surface area contributed by atoms with E-state index >= 15 is 0 Å². The molecule has 2 aromatic carbocycles. The first-order valence-electron chi connectivity index (χ1n) is 11.0. The van der Waals surface area contributed by atoms with Gasteiger partial charge in [0.05, 0.1) is 13.7 Å². The summed E-state index contributed by atoms with van der Waals surface area (Å²) < 4.78 is 10.9. The predicted molar refractivity (Wildman–Crippen MR) is 121 cm³/mol. The Morgan fingerprint density at radius 1 is 1.13 bits per heavy atom. The highest BCUT2D eigenvalue weighted by Gasteiger charge is 2.21. The molecule has 5 nitrogen and oxygen atoms in total. The van der Waals surface area contributed by atoms with E-state index in [0.29, 0.717) is 12.5 Å². The number of likely N-dealkylation sites (tertiary alicyclic amines) is 1. The van der Waals surface area contributed by atoms with Crippen LogP contribution in [0.2, 0.25) is 0 Å². The molecule has 30 heavy (non-hydrogen) atoms. The Labute approximate surface area is 181 Å². The third-order valence-electron chi connectivity index (χ3n) is 5.80. The molecule has 0 unspecified atom stereocenters. The molecule has 0 radical (unpaired) electrons. The third-order valence-corrected chi connectivity index (χ3v) is 5.80. The van der Waals surface area contributed by atoms with Crippen LogP contribution in [0.3, 0.4) is 0 Å². The summed E-state index contributed by atoms with van der Waals surface area (Å²) in [6.45, 7) is 5.91. The van der Waals surface area contributed by atoms with Gasteiger partial charge in [-0.05, 0) is 68.1 Å². The lowest BCUT2D eigenvalue weighted by Crippen LogP contribution is -2.40. The molecule has 1 atom stereocenters. The number of hydrogen-bond donors (Lipinski definition) is 1. The zero-order valence-corrected chi connectivity index (χ0v) is 18.4. The molecular weight excluding hydrogens is 376 g/mol. The van der Waals surface area contributed by atoms with Crippen LogP contribution in [0, 0.1) is 5.92 Å². The molecule has 1 N–H and O–H groups in total. The van der Waals surface area contributed by atoms with Crippen molar-refractivity contribution in [1.82, 2.24) is 9.80 Å². The van der Waals surface area contributed by atoms with E-state index in [2.05, 4.69) is 47.2 Å². The fourth-order valence-electron chi connectivity index (χ4n) is 4.36. The minimum Gasteiger partial charge on any atom is -0.496 e. The summed E-state index contributed by atoms with van der Waals surface area (Å²) in [6, 6.07) is 16.6. The SMILES string of the molecule is COc1ccccc1CCN1CCC[C@@H](CN(C)Cc2ccc(OCCO)cc2)C1. The summed E-state index contributed by atoms with van der Waals surface area (Å²) in [7, 11) is 3.96. The van der Waals surface area contributed by atoms with Crippen LogP contribution in [-0.4, -0.2) is 68.5 Å². The molecule has 1 heterocycles. The van der Waals surface area contributed by atoms with Gasteiger partial charge in [-0.15, -0.1) is 0 Å². The van der Waals surface area contributed by atoms with Gasteiger partial charge in [0.25, 0.3) is 0 Å². The van der Waals surface area contributed by atoms with Crippen molar-refractivity contribution in [2.45, 2.75) is 25.8 Å². The molecule has 1 aliphatic rings. The van der Waals surface area contributed by atoms with Crippen LogP contribution in [0.5, 0.6) is 11.5 Å². The summed E-state index contributed by atoms with van der Waals surface area (Å²) >= 11 is 0. The van der Waals surface area contributed by atoms with E-state index in [1.54, 1.807) is 7.11 Å². The molecule has 0 amide bonds. The number of benzene rings is 2. The van der Waals surface area contributed by atoms with Gasteiger partial charge in [-0.3, -0.25) is 0 Å². The zero-order valence-electron chi connectivity index (χ0n) is 18.4. The second kappa shape index (κ2) is 11.9. The van der Waals surface area contributed by atoms with Gasteiger partial charge < -0.3 is 24.4 Å². The molecule has 0 bridgehead atoms. The molecule has 0 saturated carbocycles. The zero-order chi connectivity index (χ0) is 21.2. The van der Waals surface area contributed by atoms with Gasteiger partial charge in [0, 0.05) is 26.2 Å². The molecule has 5 heteroatoms. The number of methoxy groups -OCH3 is 1. The number of aliphatic hydroxyl groups excluding tert-OH is 1. The lowest BCUT2D eigenvalue weighted by atomic mass is 9.97. The number of ether oxygens (including phenoxy) is 2. The first-order valence-corrected chi connectivity index (χ1v) is 11.0. The van der Waals surface area contributed by atoms with E-state index in [1.165, 1.54) is 37.1 Å². The summed E-state index contributed by atoms with van der Waals surface area (Å²) in [5.74, 6) is 2.53. The Bertz CT molecular complexity index is 750. The number of hydrogen-bond acceptors (Lipinski definition) is 5. The molecule has 2 aromatic rings. The van der Waals surface area contributed by atoms with Crippen molar-refractivity contribution in [3.63, 3.8) is 0 Å². The fourth-order valence-corrected chi connectivity index (χ4v) is 4.36. The van der Waals surface area contributed by atoms with E-state index in [4.69, 9.17) is 14.6 Å². The Morgan fingerprint density at radius 3 is 2.70 bits per heavy atom. The average molecular weight is 413 g/mol. The maximum absolute atomic E-state index is 8.85. The van der Waals surface area contributed by atoms with Crippen LogP contribution in [0.1, 0.15) is 24.0 Å². The van der Waals surface area contributed by atoms with Crippen LogP contribution in [-0.2, 0) is 13.0 Å². The maximum atomic E-state index is 8.85. The van der Waals surface area contributed by atoms with Gasteiger partial charge in [-0.25, -0.2) is 0 Å². The summed E-state index contributed by atoms with van der Waals surface area (Å²) in [4.78, 5) is 5.04. The lowest BCUT2D eigenvalue weighted by molar-refractivity contribution is 0.142. The highest BCUT2D eigenvalue weighted by Crippen LogP contribution is 2.22. The van der Waals surface area contributed by atoms with Gasteiger partial charge in [0.1, 0.15) is 18.1 Å². The van der Waals surface area contributed by atoms with Gasteiger partial charge in [0.15, 0.2) is 0 Å². The molecule has 1 aliphatic heterocycles. The number of para-hydroxylation sites is 1. The molecule has 1 saturated heterocycles. The number of piperidine rings is 1. The van der Waals surface area contributed by atoms with E-state index in [-0.39, 0.29) is 6.61 Å². The van der Waals surface area contributed by atoms with Crippen LogP contribution >= 0.6 is 0 Å². The molecule has 0 spiro atoms. The number of rotatable bonds is 11. The molecule has 1 fully saturated rings. The second-order valence-corrected chi connectivity index (χ2v) is 8.28. The van der Waals surface area contributed by atoms with Gasteiger partial charge in [-0.1, -0.05) is 30.3 Å². The Balaban J connectivity index is 1.43. The van der Waals surface area contributed by atoms with Crippen LogP contribution < -0.4 is 9.47 Å². The Hall–Kier alpha value is -2.08. The monoisotopic (exact) mass is 412 g/mol. The third kappa shape index (κ3) is 7.01. The van der Waals surface area contributed by atoms with Crippen LogP contribution in [0.4, 0.5) is 0 Å². The largest absolute Gasteiger partial charge is 0.496 e. The van der Waals surface area contributed by atoms with Crippen molar-refractivity contribution in [1.29, 1.82) is 0 Å². The van der Waals surface area contributed by atoms with Crippen LogP contribution in [0.25, 0.3) is 0 Å². The Kier molecular flexibility index (Phi) is 9.00. The fraction of sp³-hybridized carbons (Fsp3) is 0.520. The first kappa shape index (κ1) is 22.6. The quantitative estimate of drug-likeness (QED) is 0.612. The Morgan fingerprint density at radius 2 is 1.93 bits per heavy atom.